The fourth-order valence-electron chi connectivity index (χ4n) is 3.99. The van der Waals surface area contributed by atoms with E-state index in [1.807, 2.05) is 54.6 Å². The number of piperidine rings is 1. The van der Waals surface area contributed by atoms with Crippen molar-refractivity contribution >= 4 is 33.4 Å². The number of rotatable bonds is 8. The summed E-state index contributed by atoms with van der Waals surface area (Å²) in [5.41, 5.74) is 0.756. The van der Waals surface area contributed by atoms with Gasteiger partial charge >= 0.3 is 0 Å². The quantitative estimate of drug-likeness (QED) is 0.462. The van der Waals surface area contributed by atoms with Crippen molar-refractivity contribution in [2.75, 3.05) is 32.6 Å². The predicted octanol–water partition coefficient (Wildman–Crippen LogP) is 4.89. The van der Waals surface area contributed by atoms with Gasteiger partial charge in [-0.05, 0) is 49.2 Å². The van der Waals surface area contributed by atoms with E-state index in [1.54, 1.807) is 17.8 Å². The molecule has 0 spiro atoms. The van der Waals surface area contributed by atoms with E-state index >= 15 is 0 Å². The summed E-state index contributed by atoms with van der Waals surface area (Å²) in [4.78, 5) is 15.2. The first-order valence-corrected chi connectivity index (χ1v) is 13.5. The van der Waals surface area contributed by atoms with Crippen molar-refractivity contribution in [2.24, 2.45) is 5.92 Å². The number of hydrogen-bond acceptors (Lipinski definition) is 6. The number of carbonyl (C=O) groups excluding carboxylic acids is 1. The lowest BCUT2D eigenvalue weighted by Gasteiger charge is -2.30. The third kappa shape index (κ3) is 5.80. The Bertz CT molecular complexity index is 1270. The number of ether oxygens (including phenoxy) is 2. The van der Waals surface area contributed by atoms with E-state index < -0.39 is 10.0 Å². The molecule has 7 nitrogen and oxygen atoms in total. The molecule has 0 bridgehead atoms. The lowest BCUT2D eigenvalue weighted by atomic mass is 9.97. The van der Waals surface area contributed by atoms with Crippen LogP contribution in [0.4, 0.5) is 5.69 Å². The van der Waals surface area contributed by atoms with Crippen LogP contribution in [-0.4, -0.2) is 45.9 Å². The van der Waals surface area contributed by atoms with Crippen molar-refractivity contribution in [3.63, 3.8) is 0 Å². The number of methoxy groups -OCH3 is 2. The number of sulfonamides is 1. The Kier molecular flexibility index (Phi) is 8.00. The maximum Gasteiger partial charge on any atom is 0.243 e. The molecule has 0 aromatic heterocycles. The molecule has 0 unspecified atom stereocenters. The van der Waals surface area contributed by atoms with Crippen LogP contribution >= 0.6 is 11.8 Å². The number of amides is 1. The third-order valence-corrected chi connectivity index (χ3v) is 8.91. The highest BCUT2D eigenvalue weighted by Gasteiger charge is 2.32. The van der Waals surface area contributed by atoms with E-state index in [9.17, 15) is 13.2 Å². The molecule has 0 aliphatic carbocycles. The van der Waals surface area contributed by atoms with Gasteiger partial charge in [-0.1, -0.05) is 42.1 Å². The zero-order chi connectivity index (χ0) is 24.8. The normalized spacial score (nSPS) is 14.9. The zero-order valence-electron chi connectivity index (χ0n) is 19.6. The minimum atomic E-state index is -3.71. The van der Waals surface area contributed by atoms with Gasteiger partial charge in [0.25, 0.3) is 0 Å². The molecule has 0 atom stereocenters. The Labute approximate surface area is 210 Å². The first kappa shape index (κ1) is 25.1. The lowest BCUT2D eigenvalue weighted by Crippen LogP contribution is -2.41. The average Bonchev–Trinajstić information content (AvgIpc) is 2.90. The fourth-order valence-corrected chi connectivity index (χ4v) is 6.40. The van der Waals surface area contributed by atoms with Crippen LogP contribution in [0.3, 0.4) is 0 Å². The van der Waals surface area contributed by atoms with Crippen LogP contribution in [0.25, 0.3) is 0 Å². The van der Waals surface area contributed by atoms with Crippen molar-refractivity contribution in [3.8, 4) is 11.5 Å². The van der Waals surface area contributed by atoms with Gasteiger partial charge in [0.2, 0.25) is 15.9 Å². The van der Waals surface area contributed by atoms with Gasteiger partial charge in [-0.15, -0.1) is 0 Å². The molecule has 4 rings (SSSR count). The summed E-state index contributed by atoms with van der Waals surface area (Å²) in [6.45, 7) is 0.546. The molecule has 35 heavy (non-hydrogen) atoms. The summed E-state index contributed by atoms with van der Waals surface area (Å²) in [7, 11) is -0.738. The van der Waals surface area contributed by atoms with Crippen molar-refractivity contribution in [2.45, 2.75) is 27.5 Å². The van der Waals surface area contributed by atoms with E-state index in [4.69, 9.17) is 9.47 Å². The van der Waals surface area contributed by atoms with Gasteiger partial charge in [0, 0.05) is 34.9 Å². The second-order valence-corrected chi connectivity index (χ2v) is 11.1. The number of benzene rings is 3. The maximum atomic E-state index is 13.2. The number of nitrogens with one attached hydrogen (secondary N) is 1. The summed E-state index contributed by atoms with van der Waals surface area (Å²) >= 11 is 1.59. The molecule has 1 fully saturated rings. The third-order valence-electron chi connectivity index (χ3n) is 5.93. The maximum absolute atomic E-state index is 13.2. The molecule has 3 aromatic rings. The van der Waals surface area contributed by atoms with Crippen LogP contribution in [-0.2, 0) is 14.8 Å². The number of para-hydroxylation sites is 1. The Hall–Kier alpha value is -3.01. The molecule has 0 radical (unpaired) electrons. The molecule has 1 saturated heterocycles. The van der Waals surface area contributed by atoms with Gasteiger partial charge in [-0.25, -0.2) is 8.42 Å². The molecule has 1 amide bonds. The van der Waals surface area contributed by atoms with Crippen LogP contribution in [0.5, 0.6) is 11.5 Å². The molecular formula is C26H28N2O5S2. The molecular weight excluding hydrogens is 484 g/mol. The van der Waals surface area contributed by atoms with Crippen LogP contribution in [0.2, 0.25) is 0 Å². The Balaban J connectivity index is 1.40. The Morgan fingerprint density at radius 3 is 2.26 bits per heavy atom. The van der Waals surface area contributed by atoms with Crippen LogP contribution < -0.4 is 14.8 Å². The highest BCUT2D eigenvalue weighted by Crippen LogP contribution is 2.35. The molecule has 9 heteroatoms. The lowest BCUT2D eigenvalue weighted by molar-refractivity contribution is -0.120. The van der Waals surface area contributed by atoms with Gasteiger partial charge in [0.05, 0.1) is 24.8 Å². The zero-order valence-corrected chi connectivity index (χ0v) is 21.3. The van der Waals surface area contributed by atoms with E-state index in [0.29, 0.717) is 24.3 Å². The highest BCUT2D eigenvalue weighted by molar-refractivity contribution is 7.99. The summed E-state index contributed by atoms with van der Waals surface area (Å²) in [5.74, 6) is 0.471. The number of nitrogens with zero attached hydrogens (tertiary/aromatic N) is 1. The van der Waals surface area contributed by atoms with Gasteiger partial charge in [-0.2, -0.15) is 4.31 Å². The van der Waals surface area contributed by atoms with Crippen LogP contribution in [0.1, 0.15) is 12.8 Å². The van der Waals surface area contributed by atoms with Gasteiger partial charge < -0.3 is 14.8 Å². The highest BCUT2D eigenvalue weighted by atomic mass is 32.2. The standard InChI is InChI=1S/C26H28N2O5S2/c1-32-23-13-12-21(18-24(23)33-2)35(30,31)28-16-14-19(15-17-28)26(29)27-22-10-6-7-11-25(22)34-20-8-4-3-5-9-20/h3-13,18-19H,14-17H2,1-2H3,(H,27,29). The van der Waals surface area contributed by atoms with Gasteiger partial charge in [0.15, 0.2) is 11.5 Å². The minimum Gasteiger partial charge on any atom is -0.493 e. The van der Waals surface area contributed by atoms with E-state index in [-0.39, 0.29) is 29.8 Å². The summed E-state index contributed by atoms with van der Waals surface area (Å²) in [5, 5.41) is 3.06. The number of anilines is 1. The Morgan fingerprint density at radius 1 is 0.914 bits per heavy atom. The monoisotopic (exact) mass is 512 g/mol. The van der Waals surface area contributed by atoms with Crippen molar-refractivity contribution < 1.29 is 22.7 Å². The van der Waals surface area contributed by atoms with E-state index in [2.05, 4.69) is 5.32 Å². The molecule has 1 heterocycles. The molecule has 1 aliphatic heterocycles. The Morgan fingerprint density at radius 2 is 1.57 bits per heavy atom. The average molecular weight is 513 g/mol. The molecule has 0 saturated carbocycles. The van der Waals surface area contributed by atoms with Crippen molar-refractivity contribution in [3.05, 3.63) is 72.8 Å². The smallest absolute Gasteiger partial charge is 0.243 e. The first-order chi connectivity index (χ1) is 16.9. The molecule has 184 valence electrons. The van der Waals surface area contributed by atoms with Gasteiger partial charge in [-0.3, -0.25) is 4.79 Å². The van der Waals surface area contributed by atoms with E-state index in [0.717, 1.165) is 15.5 Å². The topological polar surface area (TPSA) is 84.9 Å². The largest absolute Gasteiger partial charge is 0.493 e. The fraction of sp³-hybridized carbons (Fsp3) is 0.269. The van der Waals surface area contributed by atoms with Crippen LogP contribution in [0, 0.1) is 5.92 Å². The van der Waals surface area contributed by atoms with Gasteiger partial charge in [0.1, 0.15) is 0 Å². The minimum absolute atomic E-state index is 0.0886. The van der Waals surface area contributed by atoms with E-state index in [1.165, 1.54) is 30.7 Å². The second kappa shape index (κ2) is 11.2. The molecule has 3 aromatic carbocycles. The molecule has 1 aliphatic rings. The SMILES string of the molecule is COc1ccc(S(=O)(=O)N2CCC(C(=O)Nc3ccccc3Sc3ccccc3)CC2)cc1OC. The predicted molar refractivity (Wildman–Crippen MR) is 137 cm³/mol. The number of carbonyl (C=O) groups is 1. The first-order valence-electron chi connectivity index (χ1n) is 11.3. The van der Waals surface area contributed by atoms with Crippen LogP contribution in [0.15, 0.2) is 87.5 Å². The van der Waals surface area contributed by atoms with Crippen molar-refractivity contribution in [1.82, 2.24) is 4.31 Å². The summed E-state index contributed by atoms with van der Waals surface area (Å²) in [6, 6.07) is 22.2. The summed E-state index contributed by atoms with van der Waals surface area (Å²) in [6.07, 6.45) is 0.901. The van der Waals surface area contributed by atoms with Crippen molar-refractivity contribution in [1.29, 1.82) is 0 Å². The summed E-state index contributed by atoms with van der Waals surface area (Å²) < 4.78 is 38.2. The number of hydrogen-bond donors (Lipinski definition) is 1. The second-order valence-electron chi connectivity index (χ2n) is 8.10. The molecule has 1 N–H and O–H groups in total.